The zero-order chi connectivity index (χ0) is 11.1. The van der Waals surface area contributed by atoms with Crippen LogP contribution >= 0.6 is 15.9 Å². The summed E-state index contributed by atoms with van der Waals surface area (Å²) in [6.45, 7) is 0. The summed E-state index contributed by atoms with van der Waals surface area (Å²) in [5.74, 6) is 0. The molecule has 0 aromatic heterocycles. The van der Waals surface area contributed by atoms with Crippen LogP contribution in [-0.2, 0) is 12.8 Å². The van der Waals surface area contributed by atoms with Crippen LogP contribution in [0.2, 0.25) is 0 Å². The van der Waals surface area contributed by atoms with Gasteiger partial charge in [0.05, 0.1) is 0 Å². The number of benzene rings is 1. The molecule has 1 atom stereocenters. The Kier molecular flexibility index (Phi) is 2.59. The highest BCUT2D eigenvalue weighted by atomic mass is 79.9. The number of alkyl halides is 3. The van der Waals surface area contributed by atoms with Gasteiger partial charge in [0.25, 0.3) is 0 Å². The molecule has 0 radical (unpaired) electrons. The van der Waals surface area contributed by atoms with Crippen molar-refractivity contribution in [2.75, 3.05) is 0 Å². The second-order valence-corrected chi connectivity index (χ2v) is 4.97. The van der Waals surface area contributed by atoms with Gasteiger partial charge in [-0.2, -0.15) is 8.78 Å². The Morgan fingerprint density at radius 3 is 2.47 bits per heavy atom. The molecule has 4 heteroatoms. The van der Waals surface area contributed by atoms with E-state index < -0.39 is 10.4 Å². The molecule has 0 fully saturated rings. The molecule has 1 aliphatic carbocycles. The molecule has 1 N–H and O–H groups in total. The van der Waals surface area contributed by atoms with Gasteiger partial charge >= 0.3 is 4.83 Å². The molecule has 0 spiro atoms. The van der Waals surface area contributed by atoms with E-state index in [0.29, 0.717) is 6.42 Å². The van der Waals surface area contributed by atoms with Gasteiger partial charge in [-0.05, 0) is 39.9 Å². The smallest absolute Gasteiger partial charge is 0.329 e. The first-order valence-electron chi connectivity index (χ1n) is 4.78. The van der Waals surface area contributed by atoms with Gasteiger partial charge in [0, 0.05) is 6.42 Å². The Balaban J connectivity index is 2.33. The molecule has 0 amide bonds. The van der Waals surface area contributed by atoms with Crippen molar-refractivity contribution >= 4 is 15.9 Å². The minimum Gasteiger partial charge on any atom is -0.382 e. The van der Waals surface area contributed by atoms with Crippen molar-refractivity contribution in [2.24, 2.45) is 0 Å². The summed E-state index contributed by atoms with van der Waals surface area (Å²) in [5.41, 5.74) is -0.0919. The lowest BCUT2D eigenvalue weighted by atomic mass is 9.81. The van der Waals surface area contributed by atoms with Crippen LogP contribution < -0.4 is 0 Å². The molecular weight excluding hydrogens is 266 g/mol. The van der Waals surface area contributed by atoms with Crippen molar-refractivity contribution in [3.8, 4) is 0 Å². The van der Waals surface area contributed by atoms with E-state index in [4.69, 9.17) is 0 Å². The molecule has 0 heterocycles. The molecule has 0 saturated carbocycles. The number of rotatable bonds is 1. The molecule has 1 unspecified atom stereocenters. The van der Waals surface area contributed by atoms with Gasteiger partial charge in [0.15, 0.2) is 0 Å². The lowest BCUT2D eigenvalue weighted by Gasteiger charge is -2.36. The van der Waals surface area contributed by atoms with Crippen LogP contribution in [0.4, 0.5) is 8.78 Å². The summed E-state index contributed by atoms with van der Waals surface area (Å²) in [5, 5.41) is 9.86. The van der Waals surface area contributed by atoms with Gasteiger partial charge in [-0.3, -0.25) is 0 Å². The number of hydrogen-bond acceptors (Lipinski definition) is 1. The topological polar surface area (TPSA) is 20.2 Å². The quantitative estimate of drug-likeness (QED) is 0.782. The van der Waals surface area contributed by atoms with E-state index in [0.717, 1.165) is 11.1 Å². The second kappa shape index (κ2) is 3.52. The normalized spacial score (nSPS) is 26.1. The van der Waals surface area contributed by atoms with Crippen LogP contribution in [0.25, 0.3) is 0 Å². The van der Waals surface area contributed by atoms with E-state index in [1.165, 1.54) is 0 Å². The van der Waals surface area contributed by atoms with Gasteiger partial charge < -0.3 is 5.11 Å². The number of fused-ring (bicyclic) bond motifs is 1. The number of hydrogen-bond donors (Lipinski definition) is 1. The van der Waals surface area contributed by atoms with Crippen LogP contribution in [-0.4, -0.2) is 15.5 Å². The molecule has 15 heavy (non-hydrogen) atoms. The van der Waals surface area contributed by atoms with Crippen molar-refractivity contribution in [1.29, 1.82) is 0 Å². The van der Waals surface area contributed by atoms with Crippen molar-refractivity contribution in [1.82, 2.24) is 0 Å². The van der Waals surface area contributed by atoms with Gasteiger partial charge in [0.1, 0.15) is 5.60 Å². The van der Waals surface area contributed by atoms with Crippen molar-refractivity contribution in [3.05, 3.63) is 35.4 Å². The summed E-state index contributed by atoms with van der Waals surface area (Å²) in [4.78, 5) is -3.23. The highest BCUT2D eigenvalue weighted by Crippen LogP contribution is 2.43. The van der Waals surface area contributed by atoms with Gasteiger partial charge in [-0.1, -0.05) is 24.3 Å². The Bertz CT molecular complexity index is 375. The predicted molar refractivity (Wildman–Crippen MR) is 57.3 cm³/mol. The molecule has 1 aromatic rings. The minimum atomic E-state index is -3.23. The van der Waals surface area contributed by atoms with E-state index in [-0.39, 0.29) is 12.8 Å². The molecule has 0 aliphatic heterocycles. The third-order valence-electron chi connectivity index (χ3n) is 2.94. The molecule has 1 nitrogen and oxygen atoms in total. The monoisotopic (exact) mass is 276 g/mol. The highest BCUT2D eigenvalue weighted by Gasteiger charge is 2.51. The SMILES string of the molecule is OC1(C(F)(F)Br)CCc2ccccc2C1. The number of aliphatic hydroxyl groups is 1. The first kappa shape index (κ1) is 11.0. The van der Waals surface area contributed by atoms with Crippen LogP contribution in [0.5, 0.6) is 0 Å². The van der Waals surface area contributed by atoms with Gasteiger partial charge in [-0.25, -0.2) is 0 Å². The summed E-state index contributed by atoms with van der Waals surface area (Å²) in [7, 11) is 0. The van der Waals surface area contributed by atoms with E-state index in [1.54, 1.807) is 12.1 Å². The third kappa shape index (κ3) is 1.93. The molecule has 1 aliphatic rings. The number of halogens is 3. The van der Waals surface area contributed by atoms with E-state index in [9.17, 15) is 13.9 Å². The van der Waals surface area contributed by atoms with Crippen molar-refractivity contribution < 1.29 is 13.9 Å². The molecule has 1 aromatic carbocycles. The van der Waals surface area contributed by atoms with Crippen LogP contribution in [0.15, 0.2) is 24.3 Å². The standard InChI is InChI=1S/C11H11BrF2O/c12-11(13,14)10(15)6-5-8-3-1-2-4-9(8)7-10/h1-4,15H,5-7H2. The first-order valence-corrected chi connectivity index (χ1v) is 5.58. The second-order valence-electron chi connectivity index (χ2n) is 3.97. The molecular formula is C11H11BrF2O. The van der Waals surface area contributed by atoms with Gasteiger partial charge in [-0.15, -0.1) is 0 Å². The highest BCUT2D eigenvalue weighted by molar-refractivity contribution is 9.10. The zero-order valence-electron chi connectivity index (χ0n) is 8.01. The maximum absolute atomic E-state index is 13.2. The molecule has 0 saturated heterocycles. The van der Waals surface area contributed by atoms with E-state index in [2.05, 4.69) is 15.9 Å². The lowest BCUT2D eigenvalue weighted by molar-refractivity contribution is -0.122. The summed E-state index contributed by atoms with van der Waals surface area (Å²) < 4.78 is 26.3. The van der Waals surface area contributed by atoms with E-state index in [1.807, 2.05) is 12.1 Å². The zero-order valence-corrected chi connectivity index (χ0v) is 9.60. The van der Waals surface area contributed by atoms with E-state index >= 15 is 0 Å². The maximum Gasteiger partial charge on any atom is 0.329 e. The molecule has 0 bridgehead atoms. The van der Waals surface area contributed by atoms with Crippen molar-refractivity contribution in [3.63, 3.8) is 0 Å². The Hall–Kier alpha value is -0.480. The molecule has 2 rings (SSSR count). The minimum absolute atomic E-state index is 0.00141. The maximum atomic E-state index is 13.2. The lowest BCUT2D eigenvalue weighted by Crippen LogP contribution is -2.48. The van der Waals surface area contributed by atoms with Crippen LogP contribution in [0.1, 0.15) is 17.5 Å². The Labute approximate surface area is 95.2 Å². The Morgan fingerprint density at radius 1 is 1.27 bits per heavy atom. The fraction of sp³-hybridized carbons (Fsp3) is 0.455. The van der Waals surface area contributed by atoms with Crippen molar-refractivity contribution in [2.45, 2.75) is 29.7 Å². The van der Waals surface area contributed by atoms with Crippen LogP contribution in [0.3, 0.4) is 0 Å². The van der Waals surface area contributed by atoms with Crippen LogP contribution in [0, 0.1) is 0 Å². The van der Waals surface area contributed by atoms with Gasteiger partial charge in [0.2, 0.25) is 0 Å². The fourth-order valence-corrected chi connectivity index (χ4v) is 2.30. The average molecular weight is 277 g/mol. The summed E-state index contributed by atoms with van der Waals surface area (Å²) in [6.07, 6.45) is 0.581. The predicted octanol–water partition coefficient (Wildman–Crippen LogP) is 2.89. The molecule has 82 valence electrons. The fourth-order valence-electron chi connectivity index (χ4n) is 1.96. The Morgan fingerprint density at radius 2 is 1.87 bits per heavy atom. The summed E-state index contributed by atoms with van der Waals surface area (Å²) >= 11 is 2.26. The largest absolute Gasteiger partial charge is 0.382 e. The summed E-state index contributed by atoms with van der Waals surface area (Å²) in [6, 6.07) is 7.39. The third-order valence-corrected chi connectivity index (χ3v) is 3.67. The number of aryl methyl sites for hydroxylation is 1. The average Bonchev–Trinajstić information content (AvgIpc) is 2.16. The first-order chi connectivity index (χ1) is 6.92.